The van der Waals surface area contributed by atoms with E-state index in [9.17, 15) is 4.79 Å². The number of hydrogen-bond donors (Lipinski definition) is 2. The molecule has 0 fully saturated rings. The number of aromatic amines is 1. The number of hydrogen-bond acceptors (Lipinski definition) is 3. The van der Waals surface area contributed by atoms with Gasteiger partial charge in [-0.1, -0.05) is 17.7 Å². The molecule has 0 aliphatic heterocycles. The molecule has 0 bridgehead atoms. The van der Waals surface area contributed by atoms with E-state index >= 15 is 0 Å². The number of rotatable bonds is 5. The summed E-state index contributed by atoms with van der Waals surface area (Å²) in [4.78, 5) is 18.5. The van der Waals surface area contributed by atoms with Crippen LogP contribution in [0.25, 0.3) is 0 Å². The number of H-pyrrole nitrogens is 1. The van der Waals surface area contributed by atoms with Gasteiger partial charge in [0.2, 0.25) is 0 Å². The summed E-state index contributed by atoms with van der Waals surface area (Å²) in [5.74, 6) is 0.631. The molecule has 2 rings (SSSR count). The number of aryl methyl sites for hydroxylation is 3. The highest BCUT2D eigenvalue weighted by Gasteiger charge is 2.08. The SMILES string of the molecule is Cc1cc(C)c(OCC(=O)NCc2cnc[nH]2)c(C)c1. The van der Waals surface area contributed by atoms with E-state index in [1.807, 2.05) is 32.9 Å². The Morgan fingerprint density at radius 2 is 2.00 bits per heavy atom. The van der Waals surface area contributed by atoms with Gasteiger partial charge in [0.05, 0.1) is 18.6 Å². The monoisotopic (exact) mass is 273 g/mol. The lowest BCUT2D eigenvalue weighted by Gasteiger charge is -2.13. The highest BCUT2D eigenvalue weighted by Crippen LogP contribution is 2.24. The van der Waals surface area contributed by atoms with E-state index in [0.29, 0.717) is 6.54 Å². The largest absolute Gasteiger partial charge is 0.483 e. The quantitative estimate of drug-likeness (QED) is 0.876. The lowest BCUT2D eigenvalue weighted by molar-refractivity contribution is -0.123. The van der Waals surface area contributed by atoms with Crippen LogP contribution >= 0.6 is 0 Å². The standard InChI is InChI=1S/C15H19N3O2/c1-10-4-11(2)15(12(3)5-10)20-8-14(19)17-7-13-6-16-9-18-13/h4-6,9H,7-8H2,1-3H3,(H,16,18)(H,17,19). The molecule has 0 saturated carbocycles. The Morgan fingerprint density at radius 3 is 2.60 bits per heavy atom. The van der Waals surface area contributed by atoms with Crippen molar-refractivity contribution < 1.29 is 9.53 Å². The van der Waals surface area contributed by atoms with E-state index in [1.165, 1.54) is 5.56 Å². The molecule has 0 aliphatic rings. The summed E-state index contributed by atoms with van der Waals surface area (Å²) in [5, 5.41) is 2.77. The summed E-state index contributed by atoms with van der Waals surface area (Å²) in [5.41, 5.74) is 4.14. The Kier molecular flexibility index (Phi) is 4.40. The molecule has 2 aromatic rings. The summed E-state index contributed by atoms with van der Waals surface area (Å²) >= 11 is 0. The predicted octanol–water partition coefficient (Wildman–Crippen LogP) is 2.03. The maximum absolute atomic E-state index is 11.7. The highest BCUT2D eigenvalue weighted by atomic mass is 16.5. The van der Waals surface area contributed by atoms with Crippen LogP contribution in [0.3, 0.4) is 0 Å². The molecule has 0 aliphatic carbocycles. The smallest absolute Gasteiger partial charge is 0.258 e. The molecule has 1 amide bonds. The van der Waals surface area contributed by atoms with Gasteiger partial charge >= 0.3 is 0 Å². The van der Waals surface area contributed by atoms with Crippen molar-refractivity contribution in [1.82, 2.24) is 15.3 Å². The van der Waals surface area contributed by atoms with Crippen molar-refractivity contribution in [3.05, 3.63) is 47.0 Å². The maximum Gasteiger partial charge on any atom is 0.258 e. The van der Waals surface area contributed by atoms with Gasteiger partial charge in [-0.25, -0.2) is 4.98 Å². The van der Waals surface area contributed by atoms with Crippen LogP contribution in [0.4, 0.5) is 0 Å². The average molecular weight is 273 g/mol. The zero-order valence-electron chi connectivity index (χ0n) is 12.0. The van der Waals surface area contributed by atoms with Crippen molar-refractivity contribution in [1.29, 1.82) is 0 Å². The van der Waals surface area contributed by atoms with E-state index in [2.05, 4.69) is 15.3 Å². The number of imidazole rings is 1. The van der Waals surface area contributed by atoms with E-state index in [-0.39, 0.29) is 12.5 Å². The number of amides is 1. The molecule has 0 saturated heterocycles. The van der Waals surface area contributed by atoms with E-state index in [0.717, 1.165) is 22.6 Å². The molecular formula is C15H19N3O2. The molecule has 5 nitrogen and oxygen atoms in total. The van der Waals surface area contributed by atoms with Crippen molar-refractivity contribution in [2.45, 2.75) is 27.3 Å². The number of nitrogens with one attached hydrogen (secondary N) is 2. The number of carbonyl (C=O) groups is 1. The van der Waals surface area contributed by atoms with Crippen LogP contribution in [0.1, 0.15) is 22.4 Å². The van der Waals surface area contributed by atoms with Crippen LogP contribution in [0.2, 0.25) is 0 Å². The summed E-state index contributed by atoms with van der Waals surface area (Å²) in [6, 6.07) is 4.09. The number of aromatic nitrogens is 2. The molecule has 0 spiro atoms. The third kappa shape index (κ3) is 3.60. The van der Waals surface area contributed by atoms with Gasteiger partial charge < -0.3 is 15.0 Å². The van der Waals surface area contributed by atoms with Gasteiger partial charge in [-0.2, -0.15) is 0 Å². The minimum Gasteiger partial charge on any atom is -0.483 e. The maximum atomic E-state index is 11.7. The van der Waals surface area contributed by atoms with Gasteiger partial charge in [0.15, 0.2) is 6.61 Å². The van der Waals surface area contributed by atoms with Gasteiger partial charge in [-0.05, 0) is 31.9 Å². The minimum absolute atomic E-state index is 0.0128. The first kappa shape index (κ1) is 14.1. The van der Waals surface area contributed by atoms with Gasteiger partial charge in [0.25, 0.3) is 5.91 Å². The highest BCUT2D eigenvalue weighted by molar-refractivity contribution is 5.77. The first-order valence-electron chi connectivity index (χ1n) is 6.51. The van der Waals surface area contributed by atoms with Gasteiger partial charge in [0, 0.05) is 6.20 Å². The van der Waals surface area contributed by atoms with Crippen LogP contribution in [0.15, 0.2) is 24.7 Å². The second kappa shape index (κ2) is 6.23. The van der Waals surface area contributed by atoms with Gasteiger partial charge in [-0.15, -0.1) is 0 Å². The topological polar surface area (TPSA) is 67.0 Å². The second-order valence-electron chi connectivity index (χ2n) is 4.87. The number of carbonyl (C=O) groups excluding carboxylic acids is 1. The summed E-state index contributed by atoms with van der Waals surface area (Å²) < 4.78 is 5.62. The third-order valence-corrected chi connectivity index (χ3v) is 2.98. The Labute approximate surface area is 118 Å². The first-order valence-corrected chi connectivity index (χ1v) is 6.51. The Morgan fingerprint density at radius 1 is 1.30 bits per heavy atom. The third-order valence-electron chi connectivity index (χ3n) is 2.98. The van der Waals surface area contributed by atoms with Crippen molar-refractivity contribution >= 4 is 5.91 Å². The molecule has 0 radical (unpaired) electrons. The molecule has 5 heteroatoms. The fraction of sp³-hybridized carbons (Fsp3) is 0.333. The summed E-state index contributed by atoms with van der Waals surface area (Å²) in [6.07, 6.45) is 3.26. The zero-order chi connectivity index (χ0) is 14.5. The fourth-order valence-corrected chi connectivity index (χ4v) is 2.16. The summed E-state index contributed by atoms with van der Waals surface area (Å²) in [6.45, 7) is 6.45. The normalized spacial score (nSPS) is 10.3. The van der Waals surface area contributed by atoms with Crippen LogP contribution in [0, 0.1) is 20.8 Å². The van der Waals surface area contributed by atoms with Gasteiger partial charge in [-0.3, -0.25) is 4.79 Å². The Balaban J connectivity index is 1.87. The van der Waals surface area contributed by atoms with Crippen molar-refractivity contribution in [2.75, 3.05) is 6.61 Å². The molecule has 20 heavy (non-hydrogen) atoms. The molecule has 1 aromatic heterocycles. The van der Waals surface area contributed by atoms with Crippen molar-refractivity contribution in [2.24, 2.45) is 0 Å². The lowest BCUT2D eigenvalue weighted by atomic mass is 10.1. The van der Waals surface area contributed by atoms with Crippen molar-refractivity contribution in [3.63, 3.8) is 0 Å². The van der Waals surface area contributed by atoms with Crippen molar-refractivity contribution in [3.8, 4) is 5.75 Å². The van der Waals surface area contributed by atoms with E-state index < -0.39 is 0 Å². The van der Waals surface area contributed by atoms with E-state index in [1.54, 1.807) is 12.5 Å². The number of benzene rings is 1. The lowest BCUT2D eigenvalue weighted by Crippen LogP contribution is -2.28. The molecule has 1 aromatic carbocycles. The average Bonchev–Trinajstić information content (AvgIpc) is 2.88. The van der Waals surface area contributed by atoms with Crippen LogP contribution < -0.4 is 10.1 Å². The predicted molar refractivity (Wildman–Crippen MR) is 76.6 cm³/mol. The van der Waals surface area contributed by atoms with Crippen LogP contribution in [0.5, 0.6) is 5.75 Å². The molecular weight excluding hydrogens is 254 g/mol. The Bertz CT molecular complexity index is 568. The van der Waals surface area contributed by atoms with Gasteiger partial charge in [0.1, 0.15) is 5.75 Å². The molecule has 0 atom stereocenters. The molecule has 0 unspecified atom stereocenters. The number of ether oxygens (including phenoxy) is 1. The van der Waals surface area contributed by atoms with Crippen LogP contribution in [-0.4, -0.2) is 22.5 Å². The second-order valence-corrected chi connectivity index (χ2v) is 4.87. The zero-order valence-corrected chi connectivity index (χ0v) is 12.0. The van der Waals surface area contributed by atoms with E-state index in [4.69, 9.17) is 4.74 Å². The fourth-order valence-electron chi connectivity index (χ4n) is 2.16. The molecule has 1 heterocycles. The molecule has 2 N–H and O–H groups in total. The van der Waals surface area contributed by atoms with Crippen LogP contribution in [-0.2, 0) is 11.3 Å². The number of nitrogens with zero attached hydrogens (tertiary/aromatic N) is 1. The minimum atomic E-state index is -0.154. The molecule has 106 valence electrons. The Hall–Kier alpha value is -2.30. The first-order chi connectivity index (χ1) is 9.56. The summed E-state index contributed by atoms with van der Waals surface area (Å²) in [7, 11) is 0.